The number of amides is 2. The van der Waals surface area contributed by atoms with Gasteiger partial charge < -0.3 is 19.9 Å². The van der Waals surface area contributed by atoms with Crippen LogP contribution >= 0.6 is 0 Å². The summed E-state index contributed by atoms with van der Waals surface area (Å²) < 4.78 is 5.89. The van der Waals surface area contributed by atoms with Crippen molar-refractivity contribution in [2.75, 3.05) is 50.8 Å². The molecule has 8 heteroatoms. The predicted octanol–water partition coefficient (Wildman–Crippen LogP) is 3.59. The second kappa shape index (κ2) is 11.6. The van der Waals surface area contributed by atoms with E-state index in [0.29, 0.717) is 18.5 Å². The molecule has 39 heavy (non-hydrogen) atoms. The third-order valence-corrected chi connectivity index (χ3v) is 9.20. The van der Waals surface area contributed by atoms with Gasteiger partial charge in [0.2, 0.25) is 5.91 Å². The fraction of sp³-hybridized carbons (Fsp3) is 0.710. The molecule has 0 saturated carbocycles. The highest BCUT2D eigenvalue weighted by molar-refractivity contribution is 5.99. The third-order valence-electron chi connectivity index (χ3n) is 9.20. The van der Waals surface area contributed by atoms with Crippen LogP contribution in [0.15, 0.2) is 24.3 Å². The van der Waals surface area contributed by atoms with Crippen molar-refractivity contribution in [2.45, 2.75) is 79.5 Å². The number of fused-ring (bicyclic) bond motifs is 1. The highest BCUT2D eigenvalue weighted by Gasteiger charge is 2.56. The minimum Gasteiger partial charge on any atom is -0.369 e. The van der Waals surface area contributed by atoms with Crippen molar-refractivity contribution in [3.05, 3.63) is 29.8 Å². The maximum atomic E-state index is 14.1. The zero-order valence-electron chi connectivity index (χ0n) is 25.0. The van der Waals surface area contributed by atoms with Crippen molar-refractivity contribution < 1.29 is 19.1 Å². The Morgan fingerprint density at radius 1 is 1.03 bits per heavy atom. The standard InChI is InChI=1S/C31H48N4O4/c1-8-14-33-15-17-34(18-16-33)22-12-10-21(11-13-22)28(37)32-27(31(6,7)9-2)29(38)35-19-23(30(3,4)5)26-25(35)24(36)20-39-26/h10-13,23,25-27H,8-9,14-20H2,1-7H3,(H,32,37)/t23-,25-,26-,27-/m1/s1. The number of ether oxygens (including phenoxy) is 1. The van der Waals surface area contributed by atoms with E-state index < -0.39 is 17.5 Å². The van der Waals surface area contributed by atoms with Crippen molar-refractivity contribution in [2.24, 2.45) is 16.7 Å². The first kappa shape index (κ1) is 29.5. The van der Waals surface area contributed by atoms with Gasteiger partial charge >= 0.3 is 0 Å². The Bertz CT molecular complexity index is 1040. The lowest BCUT2D eigenvalue weighted by molar-refractivity contribution is -0.140. The van der Waals surface area contributed by atoms with Gasteiger partial charge in [-0.15, -0.1) is 0 Å². The zero-order valence-corrected chi connectivity index (χ0v) is 25.0. The second-order valence-corrected chi connectivity index (χ2v) is 13.3. The van der Waals surface area contributed by atoms with E-state index in [-0.39, 0.29) is 41.6 Å². The molecule has 3 heterocycles. The van der Waals surface area contributed by atoms with Gasteiger partial charge in [-0.05, 0) is 54.5 Å². The molecule has 1 N–H and O–H groups in total. The minimum absolute atomic E-state index is 0.0416. The van der Waals surface area contributed by atoms with Gasteiger partial charge in [0.1, 0.15) is 18.7 Å². The lowest BCUT2D eigenvalue weighted by atomic mass is 9.78. The van der Waals surface area contributed by atoms with Crippen LogP contribution in [0.2, 0.25) is 0 Å². The molecule has 0 unspecified atom stereocenters. The molecule has 1 aromatic carbocycles. The van der Waals surface area contributed by atoms with Gasteiger partial charge in [-0.1, -0.05) is 48.5 Å². The van der Waals surface area contributed by atoms with E-state index in [0.717, 1.165) is 38.4 Å². The average Bonchev–Trinajstić information content (AvgIpc) is 3.48. The van der Waals surface area contributed by atoms with Crippen molar-refractivity contribution in [1.82, 2.24) is 15.1 Å². The number of Topliss-reactive ketones (excluding diaryl/α,β-unsaturated/α-hetero) is 1. The number of piperazine rings is 1. The predicted molar refractivity (Wildman–Crippen MR) is 154 cm³/mol. The molecule has 4 atom stereocenters. The van der Waals surface area contributed by atoms with E-state index in [2.05, 4.69) is 42.8 Å². The van der Waals surface area contributed by atoms with Gasteiger partial charge in [0.25, 0.3) is 5.91 Å². The molecule has 0 radical (unpaired) electrons. The van der Waals surface area contributed by atoms with Crippen molar-refractivity contribution in [1.29, 1.82) is 0 Å². The molecule has 3 saturated heterocycles. The lowest BCUT2D eigenvalue weighted by Gasteiger charge is -2.37. The molecular weight excluding hydrogens is 492 g/mol. The van der Waals surface area contributed by atoms with Crippen LogP contribution < -0.4 is 10.2 Å². The molecule has 2 amide bonds. The van der Waals surface area contributed by atoms with Crippen LogP contribution in [0.4, 0.5) is 5.69 Å². The van der Waals surface area contributed by atoms with E-state index in [1.54, 1.807) is 4.90 Å². The van der Waals surface area contributed by atoms with Gasteiger partial charge in [0, 0.05) is 49.9 Å². The van der Waals surface area contributed by atoms with E-state index in [4.69, 9.17) is 4.74 Å². The minimum atomic E-state index is -0.755. The van der Waals surface area contributed by atoms with Crippen LogP contribution in [0.5, 0.6) is 0 Å². The molecule has 3 aliphatic heterocycles. The Hall–Kier alpha value is -2.45. The fourth-order valence-corrected chi connectivity index (χ4v) is 6.19. The monoisotopic (exact) mass is 540 g/mol. The van der Waals surface area contributed by atoms with E-state index in [1.807, 2.05) is 45.0 Å². The summed E-state index contributed by atoms with van der Waals surface area (Å²) in [7, 11) is 0. The summed E-state index contributed by atoms with van der Waals surface area (Å²) in [5, 5.41) is 3.07. The zero-order chi connectivity index (χ0) is 28.5. The van der Waals surface area contributed by atoms with Gasteiger partial charge in [-0.25, -0.2) is 0 Å². The maximum absolute atomic E-state index is 14.1. The molecule has 3 aliphatic rings. The number of likely N-dealkylation sites (tertiary alicyclic amines) is 1. The molecule has 216 valence electrons. The molecule has 0 aromatic heterocycles. The highest BCUT2D eigenvalue weighted by Crippen LogP contribution is 2.42. The molecule has 1 aromatic rings. The molecule has 0 bridgehead atoms. The van der Waals surface area contributed by atoms with Crippen LogP contribution in [0.3, 0.4) is 0 Å². The van der Waals surface area contributed by atoms with Crippen LogP contribution in [0.1, 0.15) is 71.7 Å². The number of hydrogen-bond acceptors (Lipinski definition) is 6. The van der Waals surface area contributed by atoms with Gasteiger partial charge in [0.05, 0.1) is 6.10 Å². The van der Waals surface area contributed by atoms with Gasteiger partial charge in [0.15, 0.2) is 5.78 Å². The van der Waals surface area contributed by atoms with E-state index in [1.165, 1.54) is 6.42 Å². The largest absolute Gasteiger partial charge is 0.369 e. The lowest BCUT2D eigenvalue weighted by Crippen LogP contribution is -2.57. The number of rotatable bonds is 8. The average molecular weight is 541 g/mol. The topological polar surface area (TPSA) is 82.2 Å². The number of anilines is 1. The van der Waals surface area contributed by atoms with E-state index >= 15 is 0 Å². The Balaban J connectivity index is 1.49. The summed E-state index contributed by atoms with van der Waals surface area (Å²) in [6, 6.07) is 6.36. The number of ketones is 1. The molecular formula is C31H48N4O4. The van der Waals surface area contributed by atoms with Crippen molar-refractivity contribution >= 4 is 23.3 Å². The molecule has 0 spiro atoms. The highest BCUT2D eigenvalue weighted by atomic mass is 16.5. The Morgan fingerprint density at radius 2 is 1.67 bits per heavy atom. The summed E-state index contributed by atoms with van der Waals surface area (Å²) in [6.45, 7) is 20.3. The Labute approximate surface area is 234 Å². The van der Waals surface area contributed by atoms with Crippen LogP contribution in [0.25, 0.3) is 0 Å². The van der Waals surface area contributed by atoms with Gasteiger partial charge in [-0.2, -0.15) is 0 Å². The smallest absolute Gasteiger partial charge is 0.251 e. The molecule has 8 nitrogen and oxygen atoms in total. The first-order chi connectivity index (χ1) is 18.4. The SMILES string of the molecule is CCCN1CCN(c2ccc(C(=O)N[C@H](C(=O)N3C[C@@H](C(C)(C)C)[C@H]4OCC(=O)[C@H]43)C(C)(C)CC)cc2)CC1. The third kappa shape index (κ3) is 6.17. The normalized spacial score (nSPS) is 25.1. The fourth-order valence-electron chi connectivity index (χ4n) is 6.19. The number of hydrogen-bond donors (Lipinski definition) is 1. The number of nitrogens with zero attached hydrogens (tertiary/aromatic N) is 3. The number of benzene rings is 1. The number of nitrogens with one attached hydrogen (secondary N) is 1. The summed E-state index contributed by atoms with van der Waals surface area (Å²) in [4.78, 5) is 46.9. The van der Waals surface area contributed by atoms with Crippen LogP contribution in [0, 0.1) is 16.7 Å². The number of carbonyl (C=O) groups is 3. The van der Waals surface area contributed by atoms with Crippen LogP contribution in [-0.2, 0) is 14.3 Å². The summed E-state index contributed by atoms with van der Waals surface area (Å²) in [5.41, 5.74) is 1.02. The molecule has 4 rings (SSSR count). The second-order valence-electron chi connectivity index (χ2n) is 13.3. The van der Waals surface area contributed by atoms with Crippen molar-refractivity contribution in [3.63, 3.8) is 0 Å². The number of carbonyl (C=O) groups excluding carboxylic acids is 3. The maximum Gasteiger partial charge on any atom is 0.251 e. The molecule has 3 fully saturated rings. The first-order valence-corrected chi connectivity index (χ1v) is 14.7. The first-order valence-electron chi connectivity index (χ1n) is 14.7. The van der Waals surface area contributed by atoms with E-state index in [9.17, 15) is 14.4 Å². The van der Waals surface area contributed by atoms with Gasteiger partial charge in [-0.3, -0.25) is 19.3 Å². The Morgan fingerprint density at radius 3 is 2.23 bits per heavy atom. The van der Waals surface area contributed by atoms with Crippen LogP contribution in [-0.4, -0.2) is 91.5 Å². The molecule has 0 aliphatic carbocycles. The summed E-state index contributed by atoms with van der Waals surface area (Å²) >= 11 is 0. The Kier molecular flexibility index (Phi) is 8.76. The summed E-state index contributed by atoms with van der Waals surface area (Å²) in [5.74, 6) is -0.468. The quantitative estimate of drug-likeness (QED) is 0.543. The van der Waals surface area contributed by atoms with Crippen molar-refractivity contribution in [3.8, 4) is 0 Å². The summed E-state index contributed by atoms with van der Waals surface area (Å²) in [6.07, 6.45) is 1.57.